The summed E-state index contributed by atoms with van der Waals surface area (Å²) >= 11 is 0. The van der Waals surface area contributed by atoms with E-state index in [9.17, 15) is 35.1 Å². The molecule has 3 saturated heterocycles. The summed E-state index contributed by atoms with van der Waals surface area (Å²) in [4.78, 5) is 25.0. The number of aliphatic hydroxyl groups excluding tert-OH is 4. The Morgan fingerprint density at radius 1 is 1.00 bits per heavy atom. The molecular weight excluding hydrogens is 520 g/mol. The standard InChI is InChI=1S/C26H40O13/c1-11-4-3-5-13(20(11)39-24-19(31)18(30)16(28)12(2)35-24)37-25-22-21(17(29)15(9-27)38-25)36-14(23(32)33)8-26(6-7-26)10-34-22/h11-16,18-22,24-25,27-28,30-31H,3-10H2,1-2H3,(H,32,33). The van der Waals surface area contributed by atoms with E-state index in [4.69, 9.17) is 28.4 Å². The summed E-state index contributed by atoms with van der Waals surface area (Å²) in [5.74, 6) is -1.82. The van der Waals surface area contributed by atoms with Gasteiger partial charge in [-0.15, -0.1) is 0 Å². The summed E-state index contributed by atoms with van der Waals surface area (Å²) in [6, 6.07) is 0. The average molecular weight is 561 g/mol. The molecule has 2 saturated carbocycles. The fourth-order valence-corrected chi connectivity index (χ4v) is 6.12. The Morgan fingerprint density at radius 3 is 2.41 bits per heavy atom. The van der Waals surface area contributed by atoms with Gasteiger partial charge in [0.15, 0.2) is 30.6 Å². The first-order valence-corrected chi connectivity index (χ1v) is 13.8. The Bertz CT molecular complexity index is 895. The van der Waals surface area contributed by atoms with E-state index in [-0.39, 0.29) is 24.4 Å². The van der Waals surface area contributed by atoms with Crippen molar-refractivity contribution in [3.8, 4) is 0 Å². The van der Waals surface area contributed by atoms with Crippen LogP contribution in [0.4, 0.5) is 0 Å². The van der Waals surface area contributed by atoms with Crippen LogP contribution in [0.5, 0.6) is 0 Å². The summed E-state index contributed by atoms with van der Waals surface area (Å²) in [7, 11) is 0. The van der Waals surface area contributed by atoms with Crippen LogP contribution in [0, 0.1) is 11.3 Å². The van der Waals surface area contributed by atoms with Crippen LogP contribution in [-0.4, -0.2) is 124 Å². The molecule has 2 aliphatic carbocycles. The van der Waals surface area contributed by atoms with Gasteiger partial charge in [0, 0.05) is 0 Å². The molecule has 0 amide bonds. The summed E-state index contributed by atoms with van der Waals surface area (Å²) in [5.41, 5.74) is -0.336. The molecule has 0 aromatic heterocycles. The maximum Gasteiger partial charge on any atom is 0.332 e. The first-order valence-electron chi connectivity index (χ1n) is 13.8. The van der Waals surface area contributed by atoms with Gasteiger partial charge in [-0.25, -0.2) is 4.79 Å². The molecule has 0 aromatic carbocycles. The van der Waals surface area contributed by atoms with Crippen LogP contribution >= 0.6 is 0 Å². The van der Waals surface area contributed by atoms with Gasteiger partial charge in [-0.05, 0) is 50.4 Å². The van der Waals surface area contributed by atoms with Crippen molar-refractivity contribution in [2.75, 3.05) is 13.2 Å². The fraction of sp³-hybridized carbons (Fsp3) is 0.923. The van der Waals surface area contributed by atoms with Crippen LogP contribution in [0.1, 0.15) is 52.4 Å². The van der Waals surface area contributed by atoms with E-state index in [0.717, 1.165) is 25.7 Å². The Kier molecular flexibility index (Phi) is 8.66. The second-order valence-corrected chi connectivity index (χ2v) is 11.8. The Morgan fingerprint density at radius 2 is 1.74 bits per heavy atom. The Hall–Kier alpha value is -1.26. The first-order chi connectivity index (χ1) is 18.5. The molecule has 39 heavy (non-hydrogen) atoms. The number of carboxylic acid groups (broad SMARTS) is 1. The Labute approximate surface area is 226 Å². The molecule has 5 rings (SSSR count). The molecular formula is C26H40O13. The molecule has 13 nitrogen and oxygen atoms in total. The van der Waals surface area contributed by atoms with Gasteiger partial charge in [-0.1, -0.05) is 13.3 Å². The lowest BCUT2D eigenvalue weighted by Crippen LogP contribution is -2.63. The quantitative estimate of drug-likeness (QED) is 0.269. The molecule has 0 bridgehead atoms. The SMILES string of the molecule is CC1CCCC(OC2OC(CO)C(=O)C3OC(C(=O)O)CC4(CC4)COC23)C1OC1OC(C)C(O)C(O)C1O. The number of Topliss-reactive ketones (excluding diaryl/α,β-unsaturated/α-hetero) is 1. The number of rotatable bonds is 6. The van der Waals surface area contributed by atoms with Crippen molar-refractivity contribution in [1.82, 2.24) is 0 Å². The molecule has 1 spiro atoms. The summed E-state index contributed by atoms with van der Waals surface area (Å²) in [6.45, 7) is 3.11. The number of aliphatic hydroxyl groups is 4. The van der Waals surface area contributed by atoms with Crippen molar-refractivity contribution in [1.29, 1.82) is 0 Å². The molecule has 5 N–H and O–H groups in total. The third-order valence-corrected chi connectivity index (χ3v) is 8.86. The highest BCUT2D eigenvalue weighted by atomic mass is 16.7. The Balaban J connectivity index is 1.36. The number of fused-ring (bicyclic) bond motifs is 1. The average Bonchev–Trinajstić information content (AvgIpc) is 3.66. The molecule has 5 fully saturated rings. The minimum Gasteiger partial charge on any atom is -0.479 e. The number of carboxylic acids is 1. The number of carbonyl (C=O) groups excluding carboxylic acids is 1. The van der Waals surface area contributed by atoms with Crippen molar-refractivity contribution >= 4 is 11.8 Å². The van der Waals surface area contributed by atoms with Crippen LogP contribution in [0.3, 0.4) is 0 Å². The normalized spacial score (nSPS) is 48.2. The number of hydrogen-bond acceptors (Lipinski definition) is 12. The predicted molar refractivity (Wildman–Crippen MR) is 128 cm³/mol. The van der Waals surface area contributed by atoms with Crippen molar-refractivity contribution in [2.45, 2.75) is 126 Å². The minimum atomic E-state index is -1.48. The van der Waals surface area contributed by atoms with E-state index < -0.39 is 92.0 Å². The third kappa shape index (κ3) is 5.89. The molecule has 13 atom stereocenters. The van der Waals surface area contributed by atoms with Crippen LogP contribution in [0.25, 0.3) is 0 Å². The van der Waals surface area contributed by atoms with Gasteiger partial charge >= 0.3 is 5.97 Å². The molecule has 13 heteroatoms. The van der Waals surface area contributed by atoms with Crippen molar-refractivity contribution in [3.05, 3.63) is 0 Å². The highest BCUT2D eigenvalue weighted by molar-refractivity contribution is 5.89. The third-order valence-electron chi connectivity index (χ3n) is 8.86. The number of ketones is 1. The van der Waals surface area contributed by atoms with Crippen molar-refractivity contribution < 1.29 is 63.5 Å². The monoisotopic (exact) mass is 560 g/mol. The smallest absolute Gasteiger partial charge is 0.332 e. The van der Waals surface area contributed by atoms with Gasteiger partial charge in [0.25, 0.3) is 0 Å². The second-order valence-electron chi connectivity index (χ2n) is 11.8. The van der Waals surface area contributed by atoms with E-state index in [0.29, 0.717) is 6.42 Å². The van der Waals surface area contributed by atoms with Gasteiger partial charge in [0.1, 0.15) is 30.5 Å². The largest absolute Gasteiger partial charge is 0.479 e. The van der Waals surface area contributed by atoms with Gasteiger partial charge < -0.3 is 54.0 Å². The van der Waals surface area contributed by atoms with Gasteiger partial charge in [-0.2, -0.15) is 0 Å². The highest BCUT2D eigenvalue weighted by Crippen LogP contribution is 2.52. The molecule has 3 heterocycles. The van der Waals surface area contributed by atoms with E-state index in [2.05, 4.69) is 0 Å². The zero-order valence-electron chi connectivity index (χ0n) is 22.2. The number of hydrogen-bond donors (Lipinski definition) is 5. The van der Waals surface area contributed by atoms with E-state index >= 15 is 0 Å². The van der Waals surface area contributed by atoms with E-state index in [1.54, 1.807) is 6.92 Å². The highest BCUT2D eigenvalue weighted by Gasteiger charge is 2.56. The molecule has 0 aromatic rings. The lowest BCUT2D eigenvalue weighted by atomic mass is 9.85. The van der Waals surface area contributed by atoms with Crippen LogP contribution in [0.15, 0.2) is 0 Å². The van der Waals surface area contributed by atoms with E-state index in [1.165, 1.54) is 0 Å². The molecule has 222 valence electrons. The van der Waals surface area contributed by atoms with Crippen LogP contribution in [-0.2, 0) is 38.0 Å². The van der Waals surface area contributed by atoms with Gasteiger partial charge in [0.05, 0.1) is 31.5 Å². The summed E-state index contributed by atoms with van der Waals surface area (Å²) < 4.78 is 36.0. The van der Waals surface area contributed by atoms with Crippen LogP contribution < -0.4 is 0 Å². The van der Waals surface area contributed by atoms with Gasteiger partial charge in [-0.3, -0.25) is 4.79 Å². The number of ether oxygens (including phenoxy) is 6. The van der Waals surface area contributed by atoms with Gasteiger partial charge in [0.2, 0.25) is 0 Å². The zero-order chi connectivity index (χ0) is 28.1. The summed E-state index contributed by atoms with van der Waals surface area (Å²) in [6.07, 6.45) is -9.51. The van der Waals surface area contributed by atoms with Crippen molar-refractivity contribution in [3.63, 3.8) is 0 Å². The number of carbonyl (C=O) groups is 2. The predicted octanol–water partition coefficient (Wildman–Crippen LogP) is -0.902. The topological polar surface area (TPSA) is 191 Å². The first kappa shape index (κ1) is 29.2. The lowest BCUT2D eigenvalue weighted by molar-refractivity contribution is -0.337. The van der Waals surface area contributed by atoms with Crippen LogP contribution in [0.2, 0.25) is 0 Å². The summed E-state index contributed by atoms with van der Waals surface area (Å²) in [5, 5.41) is 50.4. The second kappa shape index (κ2) is 11.6. The van der Waals surface area contributed by atoms with Crippen molar-refractivity contribution in [2.24, 2.45) is 11.3 Å². The number of aliphatic carboxylic acids is 1. The maximum atomic E-state index is 13.1. The zero-order valence-corrected chi connectivity index (χ0v) is 22.2. The molecule has 5 aliphatic rings. The van der Waals surface area contributed by atoms with E-state index in [1.807, 2.05) is 6.92 Å². The molecule has 3 aliphatic heterocycles. The minimum absolute atomic E-state index is 0.0471. The molecule has 0 radical (unpaired) electrons. The molecule has 13 unspecified atom stereocenters. The lowest BCUT2D eigenvalue weighted by Gasteiger charge is -2.47. The fourth-order valence-electron chi connectivity index (χ4n) is 6.12. The maximum absolute atomic E-state index is 13.1.